The minimum atomic E-state index is 0.564. The predicted molar refractivity (Wildman–Crippen MR) is 81.0 cm³/mol. The van der Waals surface area contributed by atoms with Gasteiger partial charge in [-0.3, -0.25) is 4.57 Å². The van der Waals surface area contributed by atoms with Crippen LogP contribution in [-0.2, 0) is 0 Å². The minimum absolute atomic E-state index is 0.564. The van der Waals surface area contributed by atoms with E-state index in [9.17, 15) is 0 Å². The quantitative estimate of drug-likeness (QED) is 0.733. The molecule has 0 aliphatic heterocycles. The molecule has 0 saturated heterocycles. The van der Waals surface area contributed by atoms with Gasteiger partial charge in [-0.25, -0.2) is 0 Å². The molecule has 0 radical (unpaired) electrons. The lowest BCUT2D eigenvalue weighted by molar-refractivity contribution is 0.972. The summed E-state index contributed by atoms with van der Waals surface area (Å²) in [5.74, 6) is 1.43. The molecule has 0 fully saturated rings. The van der Waals surface area contributed by atoms with Crippen molar-refractivity contribution in [2.24, 2.45) is 0 Å². The second kappa shape index (κ2) is 4.98. The van der Waals surface area contributed by atoms with Crippen LogP contribution in [0, 0.1) is 6.92 Å². The standard InChI is InChI=1S/C15H13ClN4/c1-10-18-19-15(14-12(16)8-5-9-13(14)17)20(10)11-6-3-2-4-7-11/h2-9H,17H2,1H3. The number of nitrogens with zero attached hydrogens (tertiary/aromatic N) is 3. The molecule has 0 saturated carbocycles. The molecule has 5 heteroatoms. The zero-order chi connectivity index (χ0) is 14.1. The zero-order valence-electron chi connectivity index (χ0n) is 10.9. The lowest BCUT2D eigenvalue weighted by Gasteiger charge is -2.11. The molecule has 100 valence electrons. The number of nitrogens with two attached hydrogens (primary N) is 1. The number of aromatic nitrogens is 3. The van der Waals surface area contributed by atoms with Gasteiger partial charge in [-0.2, -0.15) is 0 Å². The Balaban J connectivity index is 2.27. The van der Waals surface area contributed by atoms with Crippen LogP contribution < -0.4 is 5.73 Å². The second-order valence-electron chi connectivity index (χ2n) is 4.45. The number of hydrogen-bond donors (Lipinski definition) is 1. The van der Waals surface area contributed by atoms with E-state index in [4.69, 9.17) is 17.3 Å². The van der Waals surface area contributed by atoms with Crippen LogP contribution >= 0.6 is 11.6 Å². The molecule has 3 rings (SSSR count). The average Bonchev–Trinajstić information content (AvgIpc) is 2.81. The zero-order valence-corrected chi connectivity index (χ0v) is 11.7. The minimum Gasteiger partial charge on any atom is -0.398 e. The van der Waals surface area contributed by atoms with Crippen molar-refractivity contribution < 1.29 is 0 Å². The van der Waals surface area contributed by atoms with Gasteiger partial charge in [0.15, 0.2) is 5.82 Å². The van der Waals surface area contributed by atoms with E-state index in [1.165, 1.54) is 0 Å². The molecule has 0 spiro atoms. The lowest BCUT2D eigenvalue weighted by Crippen LogP contribution is -2.02. The Hall–Kier alpha value is -2.33. The van der Waals surface area contributed by atoms with E-state index in [2.05, 4.69) is 10.2 Å². The van der Waals surface area contributed by atoms with Crippen LogP contribution in [0.15, 0.2) is 48.5 Å². The first-order valence-electron chi connectivity index (χ1n) is 6.20. The van der Waals surface area contributed by atoms with Gasteiger partial charge in [0.25, 0.3) is 0 Å². The summed E-state index contributed by atoms with van der Waals surface area (Å²) in [4.78, 5) is 0. The van der Waals surface area contributed by atoms with E-state index in [-0.39, 0.29) is 0 Å². The van der Waals surface area contributed by atoms with Gasteiger partial charge in [0.05, 0.1) is 10.6 Å². The van der Waals surface area contributed by atoms with Crippen molar-refractivity contribution >= 4 is 17.3 Å². The van der Waals surface area contributed by atoms with Crippen molar-refractivity contribution in [3.05, 3.63) is 59.4 Å². The molecule has 0 aliphatic rings. The maximum Gasteiger partial charge on any atom is 0.172 e. The summed E-state index contributed by atoms with van der Waals surface area (Å²) in [6.07, 6.45) is 0. The Morgan fingerprint density at radius 3 is 2.45 bits per heavy atom. The van der Waals surface area contributed by atoms with E-state index < -0.39 is 0 Å². The Kier molecular flexibility index (Phi) is 3.16. The van der Waals surface area contributed by atoms with Gasteiger partial charge in [-0.05, 0) is 31.2 Å². The van der Waals surface area contributed by atoms with Gasteiger partial charge in [-0.15, -0.1) is 10.2 Å². The van der Waals surface area contributed by atoms with Crippen LogP contribution in [0.2, 0.25) is 5.02 Å². The molecule has 0 amide bonds. The third kappa shape index (κ3) is 2.04. The molecule has 0 unspecified atom stereocenters. The number of halogens is 1. The number of nitrogen functional groups attached to an aromatic ring is 1. The fourth-order valence-electron chi connectivity index (χ4n) is 2.19. The summed E-state index contributed by atoms with van der Waals surface area (Å²) in [6.45, 7) is 1.90. The number of hydrogen-bond acceptors (Lipinski definition) is 3. The summed E-state index contributed by atoms with van der Waals surface area (Å²) in [6, 6.07) is 15.3. The Bertz CT molecular complexity index is 730. The molecule has 0 atom stereocenters. The van der Waals surface area contributed by atoms with E-state index in [1.54, 1.807) is 12.1 Å². The molecular formula is C15H13ClN4. The fraction of sp³-hybridized carbons (Fsp3) is 0.0667. The van der Waals surface area contributed by atoms with Crippen LogP contribution in [-0.4, -0.2) is 14.8 Å². The molecule has 4 nitrogen and oxygen atoms in total. The molecule has 20 heavy (non-hydrogen) atoms. The Morgan fingerprint density at radius 2 is 1.75 bits per heavy atom. The number of benzene rings is 2. The molecule has 3 aromatic rings. The molecule has 2 aromatic carbocycles. The van der Waals surface area contributed by atoms with Crippen molar-refractivity contribution in [2.45, 2.75) is 6.92 Å². The molecule has 1 heterocycles. The van der Waals surface area contributed by atoms with Crippen LogP contribution in [0.25, 0.3) is 17.1 Å². The van der Waals surface area contributed by atoms with Gasteiger partial charge in [0, 0.05) is 11.4 Å². The molecule has 0 bridgehead atoms. The maximum atomic E-state index is 6.27. The van der Waals surface area contributed by atoms with Crippen LogP contribution in [0.5, 0.6) is 0 Å². The van der Waals surface area contributed by atoms with Crippen molar-refractivity contribution in [1.29, 1.82) is 0 Å². The lowest BCUT2D eigenvalue weighted by atomic mass is 10.1. The van der Waals surface area contributed by atoms with E-state index >= 15 is 0 Å². The van der Waals surface area contributed by atoms with Gasteiger partial charge in [0.2, 0.25) is 0 Å². The SMILES string of the molecule is Cc1nnc(-c2c(N)cccc2Cl)n1-c1ccccc1. The Labute approximate surface area is 121 Å². The van der Waals surface area contributed by atoms with Crippen molar-refractivity contribution in [3.63, 3.8) is 0 Å². The van der Waals surface area contributed by atoms with E-state index in [1.807, 2.05) is 47.9 Å². The Morgan fingerprint density at radius 1 is 1.00 bits per heavy atom. The molecular weight excluding hydrogens is 272 g/mol. The second-order valence-corrected chi connectivity index (χ2v) is 4.85. The average molecular weight is 285 g/mol. The first kappa shape index (κ1) is 12.7. The van der Waals surface area contributed by atoms with Gasteiger partial charge < -0.3 is 5.73 Å². The summed E-state index contributed by atoms with van der Waals surface area (Å²) >= 11 is 6.27. The van der Waals surface area contributed by atoms with Crippen molar-refractivity contribution in [2.75, 3.05) is 5.73 Å². The topological polar surface area (TPSA) is 56.7 Å². The predicted octanol–water partition coefficient (Wildman–Crippen LogP) is 3.48. The van der Waals surface area contributed by atoms with Gasteiger partial charge in [-0.1, -0.05) is 35.9 Å². The van der Waals surface area contributed by atoms with Crippen LogP contribution in [0.1, 0.15) is 5.82 Å². The van der Waals surface area contributed by atoms with Crippen molar-refractivity contribution in [1.82, 2.24) is 14.8 Å². The first-order chi connectivity index (χ1) is 9.68. The molecule has 0 aliphatic carbocycles. The smallest absolute Gasteiger partial charge is 0.172 e. The van der Waals surface area contributed by atoms with E-state index in [0.717, 1.165) is 11.5 Å². The molecule has 2 N–H and O–H groups in total. The highest BCUT2D eigenvalue weighted by molar-refractivity contribution is 6.33. The summed E-state index contributed by atoms with van der Waals surface area (Å²) < 4.78 is 1.94. The summed E-state index contributed by atoms with van der Waals surface area (Å²) in [5.41, 5.74) is 8.31. The van der Waals surface area contributed by atoms with Crippen molar-refractivity contribution in [3.8, 4) is 17.1 Å². The monoisotopic (exact) mass is 284 g/mol. The normalized spacial score (nSPS) is 10.7. The molecule has 1 aromatic heterocycles. The largest absolute Gasteiger partial charge is 0.398 e. The summed E-state index contributed by atoms with van der Waals surface area (Å²) in [5, 5.41) is 8.95. The third-order valence-corrected chi connectivity index (χ3v) is 3.42. The highest BCUT2D eigenvalue weighted by Gasteiger charge is 2.17. The fourth-order valence-corrected chi connectivity index (χ4v) is 2.45. The number of aryl methyl sites for hydroxylation is 1. The summed E-state index contributed by atoms with van der Waals surface area (Å²) in [7, 11) is 0. The first-order valence-corrected chi connectivity index (χ1v) is 6.58. The maximum absolute atomic E-state index is 6.27. The van der Waals surface area contributed by atoms with Crippen LogP contribution in [0.3, 0.4) is 0 Å². The highest BCUT2D eigenvalue weighted by Crippen LogP contribution is 2.33. The number of rotatable bonds is 2. The van der Waals surface area contributed by atoms with E-state index in [0.29, 0.717) is 22.1 Å². The number of anilines is 1. The third-order valence-electron chi connectivity index (χ3n) is 3.11. The highest BCUT2D eigenvalue weighted by atomic mass is 35.5. The van der Waals surface area contributed by atoms with Gasteiger partial charge >= 0.3 is 0 Å². The number of para-hydroxylation sites is 1. The van der Waals surface area contributed by atoms with Crippen LogP contribution in [0.4, 0.5) is 5.69 Å². The van der Waals surface area contributed by atoms with Gasteiger partial charge in [0.1, 0.15) is 5.82 Å².